The summed E-state index contributed by atoms with van der Waals surface area (Å²) < 4.78 is 1.72. The number of aliphatic hydroxyl groups is 1. The number of aromatic nitrogens is 2. The maximum atomic E-state index is 12.7. The third-order valence-corrected chi connectivity index (χ3v) is 5.10. The Balaban J connectivity index is 1.92. The van der Waals surface area contributed by atoms with E-state index in [4.69, 9.17) is 5.26 Å². The molecular weight excluding hydrogens is 432 g/mol. The Morgan fingerprint density at radius 3 is 2.59 bits per heavy atom. The van der Waals surface area contributed by atoms with E-state index in [-0.39, 0.29) is 24.3 Å². The zero-order chi connectivity index (χ0) is 25.0. The number of anilines is 3. The van der Waals surface area contributed by atoms with E-state index in [0.717, 1.165) is 0 Å². The molecule has 0 unspecified atom stereocenters. The van der Waals surface area contributed by atoms with Crippen molar-refractivity contribution in [1.29, 1.82) is 5.26 Å². The van der Waals surface area contributed by atoms with E-state index in [2.05, 4.69) is 15.6 Å². The normalized spacial score (nSPS) is 11.4. The van der Waals surface area contributed by atoms with Crippen molar-refractivity contribution in [3.05, 3.63) is 48.0 Å². The summed E-state index contributed by atoms with van der Waals surface area (Å²) in [6.07, 6.45) is 0.432. The van der Waals surface area contributed by atoms with Gasteiger partial charge in [-0.05, 0) is 56.2 Å². The van der Waals surface area contributed by atoms with Gasteiger partial charge in [-0.1, -0.05) is 19.9 Å². The predicted octanol–water partition coefficient (Wildman–Crippen LogP) is 4.33. The van der Waals surface area contributed by atoms with Gasteiger partial charge in [0.15, 0.2) is 0 Å². The zero-order valence-electron chi connectivity index (χ0n) is 20.1. The molecule has 3 amide bonds. The monoisotopic (exact) mass is 462 g/mol. The lowest BCUT2D eigenvalue weighted by Gasteiger charge is -2.21. The first-order chi connectivity index (χ1) is 16.0. The van der Waals surface area contributed by atoms with Crippen LogP contribution in [0.3, 0.4) is 0 Å². The average molecular weight is 463 g/mol. The molecule has 1 heterocycles. The zero-order valence-corrected chi connectivity index (χ0v) is 20.1. The summed E-state index contributed by atoms with van der Waals surface area (Å²) >= 11 is 0. The number of nitrogens with one attached hydrogen (secondary N) is 2. The second-order valence-corrected chi connectivity index (χ2v) is 9.33. The van der Waals surface area contributed by atoms with Crippen LogP contribution in [0.1, 0.15) is 39.7 Å². The van der Waals surface area contributed by atoms with Crippen molar-refractivity contribution < 1.29 is 14.7 Å². The molecule has 0 saturated heterocycles. The van der Waals surface area contributed by atoms with Gasteiger partial charge in [0, 0.05) is 24.8 Å². The van der Waals surface area contributed by atoms with E-state index in [1.807, 2.05) is 32.0 Å². The molecule has 0 saturated carbocycles. The molecule has 3 N–H and O–H groups in total. The molecule has 1 aromatic heterocycles. The number of hydrogen-bond donors (Lipinski definition) is 3. The molecule has 34 heavy (non-hydrogen) atoms. The molecule has 178 valence electrons. The van der Waals surface area contributed by atoms with Gasteiger partial charge in [-0.3, -0.25) is 10.1 Å². The molecular formula is C25H30N6O3. The first kappa shape index (κ1) is 24.7. The molecule has 0 spiro atoms. The van der Waals surface area contributed by atoms with Gasteiger partial charge in [-0.2, -0.15) is 5.26 Å². The van der Waals surface area contributed by atoms with Crippen molar-refractivity contribution in [2.75, 3.05) is 22.6 Å². The fraction of sp³-hybridized carbons (Fsp3) is 0.360. The summed E-state index contributed by atoms with van der Waals surface area (Å²) in [6.45, 7) is 7.51. The molecule has 0 aliphatic carbocycles. The maximum absolute atomic E-state index is 12.7. The second kappa shape index (κ2) is 9.93. The van der Waals surface area contributed by atoms with Crippen molar-refractivity contribution in [2.45, 2.75) is 46.3 Å². The van der Waals surface area contributed by atoms with Crippen LogP contribution in [-0.2, 0) is 11.3 Å². The average Bonchev–Trinajstić information content (AvgIpc) is 3.07. The van der Waals surface area contributed by atoms with Crippen LogP contribution in [0.5, 0.6) is 0 Å². The summed E-state index contributed by atoms with van der Waals surface area (Å²) in [7, 11) is 1.72. The van der Waals surface area contributed by atoms with Crippen LogP contribution in [0, 0.1) is 17.2 Å². The summed E-state index contributed by atoms with van der Waals surface area (Å²) in [5.41, 5.74) is 1.80. The number of hydrogen-bond acceptors (Lipinski definition) is 5. The Morgan fingerprint density at radius 1 is 1.21 bits per heavy atom. The Morgan fingerprint density at radius 2 is 1.94 bits per heavy atom. The quantitative estimate of drug-likeness (QED) is 0.482. The van der Waals surface area contributed by atoms with Crippen LogP contribution in [-0.4, -0.2) is 39.2 Å². The largest absolute Gasteiger partial charge is 0.389 e. The van der Waals surface area contributed by atoms with Crippen LogP contribution >= 0.6 is 0 Å². The lowest BCUT2D eigenvalue weighted by atomic mass is 10.1. The minimum atomic E-state index is -1.07. The summed E-state index contributed by atoms with van der Waals surface area (Å²) in [4.78, 5) is 31.3. The van der Waals surface area contributed by atoms with Crippen molar-refractivity contribution >= 4 is 40.3 Å². The maximum Gasteiger partial charge on any atom is 0.326 e. The minimum Gasteiger partial charge on any atom is -0.389 e. The fourth-order valence-corrected chi connectivity index (χ4v) is 3.53. The molecule has 0 aliphatic heterocycles. The van der Waals surface area contributed by atoms with Gasteiger partial charge in [-0.15, -0.1) is 0 Å². The number of nitrogens with zero attached hydrogens (tertiary/aromatic N) is 4. The Kier molecular flexibility index (Phi) is 7.23. The summed E-state index contributed by atoms with van der Waals surface area (Å²) in [6, 6.07) is 13.5. The third kappa shape index (κ3) is 6.11. The Bertz CT molecular complexity index is 1250. The molecule has 0 bridgehead atoms. The van der Waals surface area contributed by atoms with Gasteiger partial charge >= 0.3 is 6.03 Å². The number of carbonyl (C=O) groups is 2. The molecule has 9 nitrogen and oxygen atoms in total. The molecule has 2 aromatic carbocycles. The van der Waals surface area contributed by atoms with Crippen LogP contribution in [0.2, 0.25) is 0 Å². The second-order valence-electron chi connectivity index (χ2n) is 9.33. The molecule has 9 heteroatoms. The molecule has 0 fully saturated rings. The van der Waals surface area contributed by atoms with Gasteiger partial charge in [-0.25, -0.2) is 9.78 Å². The number of amides is 3. The highest BCUT2D eigenvalue weighted by Crippen LogP contribution is 2.27. The van der Waals surface area contributed by atoms with Gasteiger partial charge in [0.05, 0.1) is 34.8 Å². The van der Waals surface area contributed by atoms with Gasteiger partial charge in [0.2, 0.25) is 11.9 Å². The summed E-state index contributed by atoms with van der Waals surface area (Å²) in [5, 5.41) is 24.9. The number of benzene rings is 2. The Hall–Kier alpha value is -3.90. The molecule has 0 aliphatic rings. The van der Waals surface area contributed by atoms with Gasteiger partial charge < -0.3 is 19.9 Å². The van der Waals surface area contributed by atoms with Crippen molar-refractivity contribution in [2.24, 2.45) is 5.92 Å². The van der Waals surface area contributed by atoms with E-state index < -0.39 is 11.6 Å². The number of imidazole rings is 1. The van der Waals surface area contributed by atoms with Gasteiger partial charge in [0.25, 0.3) is 0 Å². The SMILES string of the molecule is CC(C)CC(=O)N(C)c1ccc2c(c1)nc(NC(=O)Nc1cccc(C#N)c1)n2CC(C)(C)O. The minimum absolute atomic E-state index is 0.00241. The highest BCUT2D eigenvalue weighted by molar-refractivity contribution is 6.00. The van der Waals surface area contributed by atoms with E-state index in [0.29, 0.717) is 34.4 Å². The smallest absolute Gasteiger partial charge is 0.326 e. The van der Waals surface area contributed by atoms with Crippen LogP contribution in [0.4, 0.5) is 22.1 Å². The van der Waals surface area contributed by atoms with E-state index in [1.54, 1.807) is 60.7 Å². The number of carbonyl (C=O) groups excluding carboxylic acids is 2. The topological polar surface area (TPSA) is 123 Å². The van der Waals surface area contributed by atoms with Crippen molar-refractivity contribution in [3.63, 3.8) is 0 Å². The number of urea groups is 1. The lowest BCUT2D eigenvalue weighted by Crippen LogP contribution is -2.29. The third-order valence-electron chi connectivity index (χ3n) is 5.10. The highest BCUT2D eigenvalue weighted by Gasteiger charge is 2.22. The number of rotatable bonds is 7. The predicted molar refractivity (Wildman–Crippen MR) is 133 cm³/mol. The van der Waals surface area contributed by atoms with Crippen molar-refractivity contribution in [3.8, 4) is 6.07 Å². The highest BCUT2D eigenvalue weighted by atomic mass is 16.3. The number of nitriles is 1. The fourth-order valence-electron chi connectivity index (χ4n) is 3.53. The molecule has 3 rings (SSSR count). The van der Waals surface area contributed by atoms with Crippen LogP contribution in [0.25, 0.3) is 11.0 Å². The first-order valence-corrected chi connectivity index (χ1v) is 11.0. The first-order valence-electron chi connectivity index (χ1n) is 11.0. The molecule has 0 atom stereocenters. The van der Waals surface area contributed by atoms with Crippen molar-refractivity contribution in [1.82, 2.24) is 9.55 Å². The number of fused-ring (bicyclic) bond motifs is 1. The standard InChI is InChI=1S/C25H30N6O3/c1-16(2)11-22(32)30(5)19-9-10-21-20(13-19)28-23(31(21)15-25(3,4)34)29-24(33)27-18-8-6-7-17(12-18)14-26/h6-10,12-13,16,34H,11,15H2,1-5H3,(H2,27,28,29,33). The van der Waals surface area contributed by atoms with E-state index >= 15 is 0 Å². The van der Waals surface area contributed by atoms with Gasteiger partial charge in [0.1, 0.15) is 0 Å². The van der Waals surface area contributed by atoms with E-state index in [9.17, 15) is 14.7 Å². The molecule has 3 aromatic rings. The van der Waals surface area contributed by atoms with E-state index in [1.165, 1.54) is 0 Å². The summed E-state index contributed by atoms with van der Waals surface area (Å²) in [5.74, 6) is 0.495. The Labute approximate surface area is 199 Å². The van der Waals surface area contributed by atoms with Crippen LogP contribution < -0.4 is 15.5 Å². The molecule has 0 radical (unpaired) electrons. The van der Waals surface area contributed by atoms with Crippen LogP contribution in [0.15, 0.2) is 42.5 Å². The lowest BCUT2D eigenvalue weighted by molar-refractivity contribution is -0.119.